The molecule has 0 atom stereocenters. The normalized spacial score (nSPS) is 16.5. The summed E-state index contributed by atoms with van der Waals surface area (Å²) in [6, 6.07) is 12.5. The van der Waals surface area contributed by atoms with Gasteiger partial charge in [0.25, 0.3) is 5.91 Å². The summed E-state index contributed by atoms with van der Waals surface area (Å²) in [4.78, 5) is 30.4. The number of carbonyl (C=O) groups excluding carboxylic acids is 2. The second kappa shape index (κ2) is 7.78. The van der Waals surface area contributed by atoms with Crippen molar-refractivity contribution in [2.75, 3.05) is 24.5 Å². The standard InChI is InChI=1S/C20H16BrCl2N3O2/c21-14-3-1-13(2-4-14)5-6-24-7-8-25-18(12-24)19(27)26(20(25)28)17-10-15(22)9-16(23)11-17/h1-4,9-12H,5-8H2. The number of rotatable bonds is 4. The first-order chi connectivity index (χ1) is 13.4. The minimum Gasteiger partial charge on any atom is -0.373 e. The average Bonchev–Trinajstić information content (AvgIpc) is 2.91. The Morgan fingerprint density at radius 3 is 2.32 bits per heavy atom. The Bertz CT molecular complexity index is 958. The molecular weight excluding hydrogens is 465 g/mol. The van der Waals surface area contributed by atoms with Gasteiger partial charge in [-0.05, 0) is 42.3 Å². The summed E-state index contributed by atoms with van der Waals surface area (Å²) in [5.41, 5.74) is 1.97. The number of carbonyl (C=O) groups is 2. The monoisotopic (exact) mass is 479 g/mol. The molecule has 0 radical (unpaired) electrons. The van der Waals surface area contributed by atoms with Gasteiger partial charge in [0.15, 0.2) is 0 Å². The second-order valence-electron chi connectivity index (χ2n) is 6.63. The lowest BCUT2D eigenvalue weighted by Gasteiger charge is -2.29. The first-order valence-corrected chi connectivity index (χ1v) is 10.3. The molecule has 1 saturated heterocycles. The van der Waals surface area contributed by atoms with E-state index in [4.69, 9.17) is 23.2 Å². The van der Waals surface area contributed by atoms with Crippen molar-refractivity contribution in [3.63, 3.8) is 0 Å². The Morgan fingerprint density at radius 2 is 1.64 bits per heavy atom. The third kappa shape index (κ3) is 3.77. The summed E-state index contributed by atoms with van der Waals surface area (Å²) < 4.78 is 1.04. The van der Waals surface area contributed by atoms with Gasteiger partial charge in [-0.3, -0.25) is 9.69 Å². The van der Waals surface area contributed by atoms with Crippen LogP contribution in [0.25, 0.3) is 0 Å². The molecule has 0 N–H and O–H groups in total. The minimum atomic E-state index is -0.373. The number of fused-ring (bicyclic) bond motifs is 1. The van der Waals surface area contributed by atoms with Crippen LogP contribution in [-0.2, 0) is 11.2 Å². The van der Waals surface area contributed by atoms with Gasteiger partial charge in [0, 0.05) is 40.4 Å². The molecule has 8 heteroatoms. The lowest BCUT2D eigenvalue weighted by molar-refractivity contribution is -0.114. The molecule has 28 heavy (non-hydrogen) atoms. The van der Waals surface area contributed by atoms with E-state index in [1.807, 2.05) is 12.1 Å². The molecule has 0 bridgehead atoms. The molecule has 2 aliphatic rings. The number of urea groups is 1. The van der Waals surface area contributed by atoms with E-state index >= 15 is 0 Å². The topological polar surface area (TPSA) is 43.9 Å². The maximum Gasteiger partial charge on any atom is 0.336 e. The number of anilines is 1. The lowest BCUT2D eigenvalue weighted by Crippen LogP contribution is -2.40. The zero-order valence-corrected chi connectivity index (χ0v) is 17.8. The van der Waals surface area contributed by atoms with Crippen LogP contribution < -0.4 is 4.90 Å². The van der Waals surface area contributed by atoms with E-state index in [2.05, 4.69) is 33.0 Å². The van der Waals surface area contributed by atoms with Crippen molar-refractivity contribution >= 4 is 56.8 Å². The first-order valence-electron chi connectivity index (χ1n) is 8.75. The molecule has 4 rings (SSSR count). The summed E-state index contributed by atoms with van der Waals surface area (Å²) in [6.45, 7) is 1.90. The van der Waals surface area contributed by atoms with Gasteiger partial charge in [-0.25, -0.2) is 9.69 Å². The zero-order chi connectivity index (χ0) is 19.8. The van der Waals surface area contributed by atoms with Crippen LogP contribution in [-0.4, -0.2) is 41.4 Å². The molecule has 0 saturated carbocycles. The molecule has 0 unspecified atom stereocenters. The van der Waals surface area contributed by atoms with E-state index < -0.39 is 0 Å². The smallest absolute Gasteiger partial charge is 0.336 e. The van der Waals surface area contributed by atoms with Crippen molar-refractivity contribution in [1.82, 2.24) is 9.80 Å². The van der Waals surface area contributed by atoms with E-state index in [9.17, 15) is 9.59 Å². The van der Waals surface area contributed by atoms with Gasteiger partial charge in [-0.15, -0.1) is 0 Å². The second-order valence-corrected chi connectivity index (χ2v) is 8.42. The Kier molecular flexibility index (Phi) is 5.36. The van der Waals surface area contributed by atoms with E-state index in [0.717, 1.165) is 22.3 Å². The van der Waals surface area contributed by atoms with Crippen LogP contribution in [0.2, 0.25) is 10.0 Å². The van der Waals surface area contributed by atoms with E-state index in [0.29, 0.717) is 34.5 Å². The summed E-state index contributed by atoms with van der Waals surface area (Å²) in [7, 11) is 0. The van der Waals surface area contributed by atoms with Gasteiger partial charge in [-0.1, -0.05) is 51.3 Å². The van der Waals surface area contributed by atoms with Crippen LogP contribution in [0.15, 0.2) is 58.8 Å². The molecular formula is C20H16BrCl2N3O2. The third-order valence-corrected chi connectivity index (χ3v) is 5.72. The van der Waals surface area contributed by atoms with Crippen molar-refractivity contribution in [2.24, 2.45) is 0 Å². The quantitative estimate of drug-likeness (QED) is 0.583. The summed E-state index contributed by atoms with van der Waals surface area (Å²) in [5, 5.41) is 0.746. The van der Waals surface area contributed by atoms with Gasteiger partial charge in [0.1, 0.15) is 5.70 Å². The molecule has 5 nitrogen and oxygen atoms in total. The van der Waals surface area contributed by atoms with Gasteiger partial charge < -0.3 is 4.90 Å². The number of nitrogens with zero attached hydrogens (tertiary/aromatic N) is 3. The number of hydrogen-bond donors (Lipinski definition) is 0. The highest BCUT2D eigenvalue weighted by Gasteiger charge is 2.43. The average molecular weight is 481 g/mol. The molecule has 0 aromatic heterocycles. The molecule has 2 aliphatic heterocycles. The highest BCUT2D eigenvalue weighted by molar-refractivity contribution is 9.10. The maximum atomic E-state index is 12.9. The fraction of sp³-hybridized carbons (Fsp3) is 0.200. The van der Waals surface area contributed by atoms with Crippen molar-refractivity contribution < 1.29 is 9.59 Å². The Balaban J connectivity index is 1.53. The zero-order valence-electron chi connectivity index (χ0n) is 14.7. The van der Waals surface area contributed by atoms with E-state index in [-0.39, 0.29) is 11.9 Å². The summed E-state index contributed by atoms with van der Waals surface area (Å²) >= 11 is 15.5. The Labute approximate surface area is 181 Å². The third-order valence-electron chi connectivity index (χ3n) is 4.76. The number of amides is 3. The van der Waals surface area contributed by atoms with Crippen LogP contribution in [0.5, 0.6) is 0 Å². The molecule has 3 amide bonds. The van der Waals surface area contributed by atoms with Gasteiger partial charge >= 0.3 is 6.03 Å². The minimum absolute atomic E-state index is 0.364. The van der Waals surface area contributed by atoms with E-state index in [1.165, 1.54) is 10.5 Å². The number of hydrogen-bond acceptors (Lipinski definition) is 3. The predicted octanol–water partition coefficient (Wildman–Crippen LogP) is 4.92. The van der Waals surface area contributed by atoms with Gasteiger partial charge in [0.05, 0.1) is 5.69 Å². The highest BCUT2D eigenvalue weighted by atomic mass is 79.9. The van der Waals surface area contributed by atoms with Crippen molar-refractivity contribution in [1.29, 1.82) is 0 Å². The fourth-order valence-electron chi connectivity index (χ4n) is 3.34. The summed E-state index contributed by atoms with van der Waals surface area (Å²) in [5.74, 6) is -0.364. The molecule has 2 aromatic rings. The molecule has 0 aliphatic carbocycles. The largest absolute Gasteiger partial charge is 0.373 e. The van der Waals surface area contributed by atoms with Crippen LogP contribution in [0.3, 0.4) is 0 Å². The molecule has 0 spiro atoms. The van der Waals surface area contributed by atoms with Gasteiger partial charge in [0.2, 0.25) is 0 Å². The van der Waals surface area contributed by atoms with Crippen molar-refractivity contribution in [3.05, 3.63) is 74.4 Å². The molecule has 144 valence electrons. The SMILES string of the molecule is O=C1C2=CN(CCc3ccc(Br)cc3)CCN2C(=O)N1c1cc(Cl)cc(Cl)c1. The Hall–Kier alpha value is -2.02. The maximum absolute atomic E-state index is 12.9. The Morgan fingerprint density at radius 1 is 0.964 bits per heavy atom. The number of halogens is 3. The fourth-order valence-corrected chi connectivity index (χ4v) is 4.12. The van der Waals surface area contributed by atoms with Gasteiger partial charge in [-0.2, -0.15) is 0 Å². The van der Waals surface area contributed by atoms with Crippen molar-refractivity contribution in [2.45, 2.75) is 6.42 Å². The van der Waals surface area contributed by atoms with Crippen molar-refractivity contribution in [3.8, 4) is 0 Å². The van der Waals surface area contributed by atoms with Crippen LogP contribution in [0.1, 0.15) is 5.56 Å². The molecule has 2 heterocycles. The van der Waals surface area contributed by atoms with Crippen LogP contribution in [0.4, 0.5) is 10.5 Å². The summed E-state index contributed by atoms with van der Waals surface area (Å²) in [6.07, 6.45) is 2.63. The van der Waals surface area contributed by atoms with E-state index in [1.54, 1.807) is 24.4 Å². The highest BCUT2D eigenvalue weighted by Crippen LogP contribution is 2.32. The van der Waals surface area contributed by atoms with Crippen LogP contribution >= 0.6 is 39.1 Å². The molecule has 1 fully saturated rings. The lowest BCUT2D eigenvalue weighted by atomic mass is 10.1. The first kappa shape index (κ1) is 19.3. The number of imide groups is 1. The molecule has 2 aromatic carbocycles. The predicted molar refractivity (Wildman–Crippen MR) is 114 cm³/mol. The number of benzene rings is 2. The van der Waals surface area contributed by atoms with Crippen LogP contribution in [0, 0.1) is 0 Å².